The Morgan fingerprint density at radius 3 is 2.58 bits per heavy atom. The molecule has 0 radical (unpaired) electrons. The summed E-state index contributed by atoms with van der Waals surface area (Å²) in [7, 11) is 1.58. The van der Waals surface area contributed by atoms with Gasteiger partial charge in [0.05, 0.1) is 19.6 Å². The quantitative estimate of drug-likeness (QED) is 0.187. The number of oxime groups is 1. The SMILES string of the molecule is CCCOCCC(=O)N(CCOC)CCC(N)=NO. The molecule has 7 nitrogen and oxygen atoms in total. The summed E-state index contributed by atoms with van der Waals surface area (Å²) < 4.78 is 10.3. The lowest BCUT2D eigenvalue weighted by molar-refractivity contribution is -0.132. The summed E-state index contributed by atoms with van der Waals surface area (Å²) in [6, 6.07) is 0. The van der Waals surface area contributed by atoms with Crippen molar-refractivity contribution in [3.63, 3.8) is 0 Å². The van der Waals surface area contributed by atoms with Crippen molar-refractivity contribution >= 4 is 11.7 Å². The highest BCUT2D eigenvalue weighted by Crippen LogP contribution is 1.98. The smallest absolute Gasteiger partial charge is 0.224 e. The molecule has 0 aliphatic carbocycles. The number of hydrogen-bond donors (Lipinski definition) is 2. The van der Waals surface area contributed by atoms with Gasteiger partial charge in [0.2, 0.25) is 5.91 Å². The molecule has 1 amide bonds. The molecule has 0 spiro atoms. The van der Waals surface area contributed by atoms with Crippen molar-refractivity contribution in [3.8, 4) is 0 Å². The van der Waals surface area contributed by atoms with Gasteiger partial charge in [-0.3, -0.25) is 4.79 Å². The van der Waals surface area contributed by atoms with E-state index in [-0.39, 0.29) is 11.7 Å². The van der Waals surface area contributed by atoms with Crippen LogP contribution in [0.15, 0.2) is 5.16 Å². The van der Waals surface area contributed by atoms with E-state index in [1.54, 1.807) is 12.0 Å². The molecule has 3 N–H and O–H groups in total. The van der Waals surface area contributed by atoms with Crippen molar-refractivity contribution in [1.82, 2.24) is 4.90 Å². The van der Waals surface area contributed by atoms with E-state index in [9.17, 15) is 4.79 Å². The summed E-state index contributed by atoms with van der Waals surface area (Å²) in [5.41, 5.74) is 5.40. The number of ether oxygens (including phenoxy) is 2. The number of rotatable bonds is 11. The minimum absolute atomic E-state index is 0.0149. The zero-order valence-corrected chi connectivity index (χ0v) is 11.8. The van der Waals surface area contributed by atoms with Gasteiger partial charge in [0.1, 0.15) is 5.84 Å². The zero-order chi connectivity index (χ0) is 14.5. The standard InChI is InChI=1S/C12H25N3O4/c1-3-8-19-9-5-12(16)15(7-10-18-2)6-4-11(13)14-17/h17H,3-10H2,1-2H3,(H2,13,14). The first-order valence-electron chi connectivity index (χ1n) is 6.46. The third-order valence-corrected chi connectivity index (χ3v) is 2.49. The highest BCUT2D eigenvalue weighted by Gasteiger charge is 2.13. The third kappa shape index (κ3) is 9.26. The second kappa shape index (κ2) is 11.7. The van der Waals surface area contributed by atoms with E-state index in [4.69, 9.17) is 20.4 Å². The van der Waals surface area contributed by atoms with Gasteiger partial charge >= 0.3 is 0 Å². The Balaban J connectivity index is 4.11. The van der Waals surface area contributed by atoms with Gasteiger partial charge in [-0.1, -0.05) is 12.1 Å². The van der Waals surface area contributed by atoms with Gasteiger partial charge in [0, 0.05) is 33.2 Å². The molecule has 0 atom stereocenters. The van der Waals surface area contributed by atoms with Crippen LogP contribution >= 0.6 is 0 Å². The molecule has 0 heterocycles. The lowest BCUT2D eigenvalue weighted by Crippen LogP contribution is -2.37. The number of nitrogens with zero attached hydrogens (tertiary/aromatic N) is 2. The van der Waals surface area contributed by atoms with Crippen LogP contribution in [0.1, 0.15) is 26.2 Å². The first-order chi connectivity index (χ1) is 9.15. The third-order valence-electron chi connectivity index (χ3n) is 2.49. The first kappa shape index (κ1) is 17.7. The summed E-state index contributed by atoms with van der Waals surface area (Å²) in [5, 5.41) is 11.4. The highest BCUT2D eigenvalue weighted by atomic mass is 16.5. The van der Waals surface area contributed by atoms with Gasteiger partial charge in [0.15, 0.2) is 0 Å². The monoisotopic (exact) mass is 275 g/mol. The fourth-order valence-corrected chi connectivity index (χ4v) is 1.43. The summed E-state index contributed by atoms with van der Waals surface area (Å²) in [6.45, 7) is 4.45. The van der Waals surface area contributed by atoms with E-state index in [2.05, 4.69) is 5.16 Å². The average Bonchev–Trinajstić information content (AvgIpc) is 2.43. The van der Waals surface area contributed by atoms with Gasteiger partial charge in [-0.2, -0.15) is 0 Å². The molecule has 112 valence electrons. The fourth-order valence-electron chi connectivity index (χ4n) is 1.43. The minimum atomic E-state index is -0.0149. The number of amidine groups is 1. The van der Waals surface area contributed by atoms with Crippen molar-refractivity contribution < 1.29 is 19.5 Å². The van der Waals surface area contributed by atoms with Crippen LogP contribution in [0.3, 0.4) is 0 Å². The van der Waals surface area contributed by atoms with Crippen LogP contribution in [0.5, 0.6) is 0 Å². The molecule has 0 aliphatic rings. The van der Waals surface area contributed by atoms with Crippen LogP contribution < -0.4 is 5.73 Å². The van der Waals surface area contributed by atoms with E-state index in [1.165, 1.54) is 0 Å². The normalized spacial score (nSPS) is 11.6. The van der Waals surface area contributed by atoms with Crippen molar-refractivity contribution in [2.45, 2.75) is 26.2 Å². The maximum atomic E-state index is 12.0. The molecule has 0 aromatic heterocycles. The molecule has 0 saturated carbocycles. The van der Waals surface area contributed by atoms with Crippen molar-refractivity contribution in [2.24, 2.45) is 10.9 Å². The average molecular weight is 275 g/mol. The van der Waals surface area contributed by atoms with Gasteiger partial charge in [-0.05, 0) is 6.42 Å². The van der Waals surface area contributed by atoms with Crippen molar-refractivity contribution in [2.75, 3.05) is 40.0 Å². The predicted octanol–water partition coefficient (Wildman–Crippen LogP) is 0.415. The summed E-state index contributed by atoms with van der Waals surface area (Å²) in [6.07, 6.45) is 1.60. The Bertz CT molecular complexity index is 272. The molecule has 0 aromatic rings. The lowest BCUT2D eigenvalue weighted by Gasteiger charge is -2.22. The first-order valence-corrected chi connectivity index (χ1v) is 6.46. The fraction of sp³-hybridized carbons (Fsp3) is 0.833. The van der Waals surface area contributed by atoms with Gasteiger partial charge < -0.3 is 25.3 Å². The number of nitrogens with two attached hydrogens (primary N) is 1. The lowest BCUT2D eigenvalue weighted by atomic mass is 10.3. The Kier molecular flexibility index (Phi) is 10.9. The molecule has 0 saturated heterocycles. The number of carbonyl (C=O) groups is 1. The highest BCUT2D eigenvalue weighted by molar-refractivity contribution is 5.81. The molecule has 0 fully saturated rings. The maximum Gasteiger partial charge on any atom is 0.224 e. The Hall–Kier alpha value is -1.34. The largest absolute Gasteiger partial charge is 0.409 e. The molecule has 0 unspecified atom stereocenters. The summed E-state index contributed by atoms with van der Waals surface area (Å²) in [4.78, 5) is 13.6. The van der Waals surface area contributed by atoms with E-state index >= 15 is 0 Å². The topological polar surface area (TPSA) is 97.4 Å². The minimum Gasteiger partial charge on any atom is -0.409 e. The molecule has 0 aromatic carbocycles. The summed E-state index contributed by atoms with van der Waals surface area (Å²) >= 11 is 0. The maximum absolute atomic E-state index is 12.0. The molecular weight excluding hydrogens is 250 g/mol. The van der Waals surface area contributed by atoms with Crippen LogP contribution in [-0.2, 0) is 14.3 Å². The number of amides is 1. The Morgan fingerprint density at radius 1 is 1.26 bits per heavy atom. The van der Waals surface area contributed by atoms with Gasteiger partial charge in [-0.25, -0.2) is 0 Å². The molecule has 7 heteroatoms. The number of carbonyl (C=O) groups excluding carboxylic acids is 1. The van der Waals surface area contributed by atoms with Crippen LogP contribution in [0.2, 0.25) is 0 Å². The van der Waals surface area contributed by atoms with Crippen LogP contribution in [-0.4, -0.2) is 61.9 Å². The van der Waals surface area contributed by atoms with Crippen LogP contribution in [0.4, 0.5) is 0 Å². The molecule has 0 rings (SSSR count). The van der Waals surface area contributed by atoms with E-state index in [0.717, 1.165) is 6.42 Å². The van der Waals surface area contributed by atoms with Gasteiger partial charge in [0.25, 0.3) is 0 Å². The van der Waals surface area contributed by atoms with Crippen molar-refractivity contribution in [1.29, 1.82) is 0 Å². The molecule has 19 heavy (non-hydrogen) atoms. The second-order valence-corrected chi connectivity index (χ2v) is 4.08. The van der Waals surface area contributed by atoms with E-state index in [0.29, 0.717) is 45.8 Å². The van der Waals surface area contributed by atoms with E-state index in [1.807, 2.05) is 6.92 Å². The second-order valence-electron chi connectivity index (χ2n) is 4.08. The summed E-state index contributed by atoms with van der Waals surface area (Å²) in [5.74, 6) is 0.0938. The van der Waals surface area contributed by atoms with Crippen molar-refractivity contribution in [3.05, 3.63) is 0 Å². The zero-order valence-electron chi connectivity index (χ0n) is 11.8. The van der Waals surface area contributed by atoms with E-state index < -0.39 is 0 Å². The van der Waals surface area contributed by atoms with Crippen LogP contribution in [0.25, 0.3) is 0 Å². The Labute approximate surface area is 114 Å². The predicted molar refractivity (Wildman–Crippen MR) is 72.2 cm³/mol. The molecule has 0 bridgehead atoms. The molecule has 0 aliphatic heterocycles. The Morgan fingerprint density at radius 2 is 2.00 bits per heavy atom. The molecular formula is C12H25N3O4. The number of hydrogen-bond acceptors (Lipinski definition) is 5. The van der Waals surface area contributed by atoms with Gasteiger partial charge in [-0.15, -0.1) is 0 Å². The van der Waals surface area contributed by atoms with Crippen LogP contribution in [0, 0.1) is 0 Å². The number of methoxy groups -OCH3 is 1.